The first-order valence-electron chi connectivity index (χ1n) is 5.07. The maximum Gasteiger partial charge on any atom is 0.00245 e. The molecular formula is C10H22N2. The Labute approximate surface area is 76.1 Å². The van der Waals surface area contributed by atoms with Crippen LogP contribution in [0.2, 0.25) is 0 Å². The first kappa shape index (κ1) is 10.0. The van der Waals surface area contributed by atoms with Crippen LogP contribution in [0, 0.1) is 11.8 Å². The van der Waals surface area contributed by atoms with Crippen molar-refractivity contribution in [1.29, 1.82) is 0 Å². The zero-order valence-corrected chi connectivity index (χ0v) is 8.59. The van der Waals surface area contributed by atoms with Gasteiger partial charge in [0.2, 0.25) is 0 Å². The van der Waals surface area contributed by atoms with Gasteiger partial charge in [0.05, 0.1) is 0 Å². The fourth-order valence-electron chi connectivity index (χ4n) is 1.60. The maximum absolute atomic E-state index is 5.69. The van der Waals surface area contributed by atoms with Gasteiger partial charge in [-0.15, -0.1) is 0 Å². The van der Waals surface area contributed by atoms with E-state index in [1.165, 1.54) is 19.6 Å². The molecule has 0 spiro atoms. The molecule has 2 N–H and O–H groups in total. The number of likely N-dealkylation sites (tertiary alicyclic amines) is 1. The fourth-order valence-corrected chi connectivity index (χ4v) is 1.60. The van der Waals surface area contributed by atoms with Gasteiger partial charge in [-0.2, -0.15) is 0 Å². The van der Waals surface area contributed by atoms with Gasteiger partial charge in [-0.25, -0.2) is 0 Å². The summed E-state index contributed by atoms with van der Waals surface area (Å²) < 4.78 is 0. The number of rotatable bonds is 4. The van der Waals surface area contributed by atoms with Gasteiger partial charge in [0.1, 0.15) is 0 Å². The predicted molar refractivity (Wildman–Crippen MR) is 53.0 cm³/mol. The topological polar surface area (TPSA) is 29.3 Å². The van der Waals surface area contributed by atoms with E-state index in [0.29, 0.717) is 6.04 Å². The van der Waals surface area contributed by atoms with Crippen LogP contribution in [0.25, 0.3) is 0 Å². The van der Waals surface area contributed by atoms with E-state index in [1.54, 1.807) is 0 Å². The van der Waals surface area contributed by atoms with E-state index in [-0.39, 0.29) is 0 Å². The molecule has 2 nitrogen and oxygen atoms in total. The summed E-state index contributed by atoms with van der Waals surface area (Å²) in [5.74, 6) is 1.80. The second-order valence-corrected chi connectivity index (χ2v) is 4.53. The third-order valence-electron chi connectivity index (χ3n) is 2.83. The van der Waals surface area contributed by atoms with Crippen LogP contribution in [0.5, 0.6) is 0 Å². The molecule has 1 atom stereocenters. The lowest BCUT2D eigenvalue weighted by atomic mass is 9.88. The van der Waals surface area contributed by atoms with Gasteiger partial charge in [0.25, 0.3) is 0 Å². The van der Waals surface area contributed by atoms with Crippen molar-refractivity contribution in [2.75, 3.05) is 19.6 Å². The number of nitrogens with two attached hydrogens (primary N) is 1. The van der Waals surface area contributed by atoms with Gasteiger partial charge in [-0.1, -0.05) is 13.8 Å². The molecule has 12 heavy (non-hydrogen) atoms. The summed E-state index contributed by atoms with van der Waals surface area (Å²) in [5, 5.41) is 0. The summed E-state index contributed by atoms with van der Waals surface area (Å²) in [6.07, 6.45) is 1.14. The van der Waals surface area contributed by atoms with E-state index in [0.717, 1.165) is 18.3 Å². The molecular weight excluding hydrogens is 148 g/mol. The van der Waals surface area contributed by atoms with E-state index in [9.17, 15) is 0 Å². The molecule has 1 aliphatic heterocycles. The molecule has 0 aromatic carbocycles. The molecule has 0 aromatic heterocycles. The van der Waals surface area contributed by atoms with Crippen LogP contribution in [0.3, 0.4) is 0 Å². The van der Waals surface area contributed by atoms with Crippen molar-refractivity contribution in [2.24, 2.45) is 17.6 Å². The molecule has 1 unspecified atom stereocenters. The van der Waals surface area contributed by atoms with E-state index >= 15 is 0 Å². The van der Waals surface area contributed by atoms with Crippen molar-refractivity contribution >= 4 is 0 Å². The van der Waals surface area contributed by atoms with Gasteiger partial charge >= 0.3 is 0 Å². The molecule has 0 aliphatic carbocycles. The highest BCUT2D eigenvalue weighted by molar-refractivity contribution is 4.81. The summed E-state index contributed by atoms with van der Waals surface area (Å²) >= 11 is 0. The standard InChI is InChI=1S/C10H22N2/c1-8(2)10-6-12(7-10)5-4-9(3)11/h8-10H,4-7,11H2,1-3H3. The quantitative estimate of drug-likeness (QED) is 0.689. The molecule has 0 bridgehead atoms. The van der Waals surface area contributed by atoms with Crippen LogP contribution in [-0.4, -0.2) is 30.6 Å². The Morgan fingerprint density at radius 1 is 1.33 bits per heavy atom. The van der Waals surface area contributed by atoms with E-state index < -0.39 is 0 Å². The number of hydrogen-bond donors (Lipinski definition) is 1. The number of hydrogen-bond acceptors (Lipinski definition) is 2. The van der Waals surface area contributed by atoms with E-state index in [4.69, 9.17) is 5.73 Å². The Bertz CT molecular complexity index is 123. The second kappa shape index (κ2) is 4.24. The second-order valence-electron chi connectivity index (χ2n) is 4.53. The average molecular weight is 170 g/mol. The molecule has 0 radical (unpaired) electrons. The average Bonchev–Trinajstić information content (AvgIpc) is 1.82. The minimum atomic E-state index is 0.364. The highest BCUT2D eigenvalue weighted by Crippen LogP contribution is 2.23. The molecule has 72 valence electrons. The molecule has 1 rings (SSSR count). The van der Waals surface area contributed by atoms with E-state index in [1.807, 2.05) is 0 Å². The van der Waals surface area contributed by atoms with Crippen LogP contribution in [0.4, 0.5) is 0 Å². The SMILES string of the molecule is CC(N)CCN1CC(C(C)C)C1. The molecule has 1 aliphatic rings. The Morgan fingerprint density at radius 3 is 2.33 bits per heavy atom. The zero-order valence-electron chi connectivity index (χ0n) is 8.59. The maximum atomic E-state index is 5.69. The molecule has 0 saturated carbocycles. The van der Waals surface area contributed by atoms with Crippen LogP contribution in [0.15, 0.2) is 0 Å². The first-order chi connectivity index (χ1) is 5.59. The first-order valence-corrected chi connectivity index (χ1v) is 5.07. The summed E-state index contributed by atoms with van der Waals surface area (Å²) in [4.78, 5) is 2.51. The van der Waals surface area contributed by atoms with Gasteiger partial charge in [-0.05, 0) is 31.7 Å². The smallest absolute Gasteiger partial charge is 0.00245 e. The lowest BCUT2D eigenvalue weighted by Crippen LogP contribution is -2.49. The van der Waals surface area contributed by atoms with Crippen LogP contribution >= 0.6 is 0 Å². The van der Waals surface area contributed by atoms with Crippen molar-refractivity contribution in [2.45, 2.75) is 33.2 Å². The summed E-state index contributed by atoms with van der Waals surface area (Å²) in [6.45, 7) is 10.5. The number of nitrogens with zero attached hydrogens (tertiary/aromatic N) is 1. The molecule has 0 aromatic rings. The third kappa shape index (κ3) is 2.76. The normalized spacial score (nSPS) is 22.8. The van der Waals surface area contributed by atoms with Crippen molar-refractivity contribution in [3.63, 3.8) is 0 Å². The molecule has 1 saturated heterocycles. The van der Waals surface area contributed by atoms with Crippen LogP contribution in [-0.2, 0) is 0 Å². The molecule has 1 heterocycles. The van der Waals surface area contributed by atoms with Gasteiger partial charge in [-0.3, -0.25) is 0 Å². The lowest BCUT2D eigenvalue weighted by Gasteiger charge is -2.42. The molecule has 0 amide bonds. The molecule has 1 fully saturated rings. The fraction of sp³-hybridized carbons (Fsp3) is 1.00. The summed E-state index contributed by atoms with van der Waals surface area (Å²) in [6, 6.07) is 0.364. The minimum Gasteiger partial charge on any atom is -0.328 e. The highest BCUT2D eigenvalue weighted by atomic mass is 15.2. The lowest BCUT2D eigenvalue weighted by molar-refractivity contribution is 0.0663. The van der Waals surface area contributed by atoms with Crippen LogP contribution < -0.4 is 5.73 Å². The third-order valence-corrected chi connectivity index (χ3v) is 2.83. The largest absolute Gasteiger partial charge is 0.328 e. The van der Waals surface area contributed by atoms with Gasteiger partial charge in [0, 0.05) is 19.1 Å². The molecule has 2 heteroatoms. The monoisotopic (exact) mass is 170 g/mol. The predicted octanol–water partition coefficient (Wildman–Crippen LogP) is 1.31. The zero-order chi connectivity index (χ0) is 9.14. The Balaban J connectivity index is 2.02. The van der Waals surface area contributed by atoms with Gasteiger partial charge in [0.15, 0.2) is 0 Å². The summed E-state index contributed by atoms with van der Waals surface area (Å²) in [5.41, 5.74) is 5.69. The summed E-state index contributed by atoms with van der Waals surface area (Å²) in [7, 11) is 0. The van der Waals surface area contributed by atoms with Crippen molar-refractivity contribution in [3.05, 3.63) is 0 Å². The Kier molecular flexibility index (Phi) is 3.53. The van der Waals surface area contributed by atoms with Gasteiger partial charge < -0.3 is 10.6 Å². The van der Waals surface area contributed by atoms with Crippen molar-refractivity contribution in [3.8, 4) is 0 Å². The van der Waals surface area contributed by atoms with Crippen LogP contribution in [0.1, 0.15) is 27.2 Å². The highest BCUT2D eigenvalue weighted by Gasteiger charge is 2.28. The van der Waals surface area contributed by atoms with Crippen molar-refractivity contribution < 1.29 is 0 Å². The minimum absolute atomic E-state index is 0.364. The van der Waals surface area contributed by atoms with Crippen molar-refractivity contribution in [1.82, 2.24) is 4.90 Å². The van der Waals surface area contributed by atoms with E-state index in [2.05, 4.69) is 25.7 Å². The Hall–Kier alpha value is -0.0800. The Morgan fingerprint density at radius 2 is 1.92 bits per heavy atom.